The van der Waals surface area contributed by atoms with Gasteiger partial charge in [-0.15, -0.1) is 0 Å². The van der Waals surface area contributed by atoms with Crippen LogP contribution < -0.4 is 5.32 Å². The van der Waals surface area contributed by atoms with Crippen molar-refractivity contribution in [2.75, 3.05) is 5.32 Å². The molecule has 4 heteroatoms. The van der Waals surface area contributed by atoms with Crippen molar-refractivity contribution in [3.63, 3.8) is 0 Å². The number of anilines is 1. The number of hydrogen-bond donors (Lipinski definition) is 2. The molecule has 2 N–H and O–H groups in total. The Labute approximate surface area is 107 Å². The van der Waals surface area contributed by atoms with Crippen molar-refractivity contribution in [3.05, 3.63) is 35.5 Å². The molecular formula is C14H18N2O2. The molecule has 2 rings (SSSR count). The van der Waals surface area contributed by atoms with E-state index in [1.54, 1.807) is 12.1 Å². The van der Waals surface area contributed by atoms with E-state index < -0.39 is 5.97 Å². The lowest BCUT2D eigenvalue weighted by atomic mass is 10.1. The molecule has 0 bridgehead atoms. The van der Waals surface area contributed by atoms with Crippen molar-refractivity contribution in [2.24, 2.45) is 0 Å². The smallest absolute Gasteiger partial charge is 0.335 e. The van der Waals surface area contributed by atoms with Crippen molar-refractivity contribution in [1.29, 1.82) is 0 Å². The first-order valence-electron chi connectivity index (χ1n) is 6.23. The SMILES string of the molecule is CC(C)c1cc(C(=O)O)cc(NC2CC=CC2)n1. The van der Waals surface area contributed by atoms with E-state index in [2.05, 4.69) is 22.5 Å². The first-order valence-corrected chi connectivity index (χ1v) is 6.23. The van der Waals surface area contributed by atoms with Crippen molar-refractivity contribution in [3.8, 4) is 0 Å². The number of hydrogen-bond acceptors (Lipinski definition) is 3. The van der Waals surface area contributed by atoms with E-state index >= 15 is 0 Å². The van der Waals surface area contributed by atoms with Crippen LogP contribution in [0.5, 0.6) is 0 Å². The lowest BCUT2D eigenvalue weighted by molar-refractivity contribution is 0.0696. The van der Waals surface area contributed by atoms with Gasteiger partial charge in [-0.2, -0.15) is 0 Å². The molecule has 1 aliphatic carbocycles. The number of aromatic nitrogens is 1. The summed E-state index contributed by atoms with van der Waals surface area (Å²) >= 11 is 0. The summed E-state index contributed by atoms with van der Waals surface area (Å²) in [6.07, 6.45) is 6.19. The Hall–Kier alpha value is -1.84. The molecule has 96 valence electrons. The van der Waals surface area contributed by atoms with Crippen LogP contribution in [0.15, 0.2) is 24.3 Å². The van der Waals surface area contributed by atoms with Crippen LogP contribution in [0.4, 0.5) is 5.82 Å². The summed E-state index contributed by atoms with van der Waals surface area (Å²) in [5.74, 6) is -0.0363. The molecular weight excluding hydrogens is 228 g/mol. The van der Waals surface area contributed by atoms with Crippen LogP contribution in [0.1, 0.15) is 48.7 Å². The van der Waals surface area contributed by atoms with Gasteiger partial charge in [-0.05, 0) is 30.9 Å². The Bertz CT molecular complexity index is 473. The van der Waals surface area contributed by atoms with Gasteiger partial charge in [-0.1, -0.05) is 26.0 Å². The van der Waals surface area contributed by atoms with Gasteiger partial charge in [-0.3, -0.25) is 0 Å². The van der Waals surface area contributed by atoms with E-state index in [9.17, 15) is 4.79 Å². The number of pyridine rings is 1. The molecule has 1 aromatic rings. The van der Waals surface area contributed by atoms with Crippen LogP contribution in [0.3, 0.4) is 0 Å². The zero-order valence-electron chi connectivity index (χ0n) is 10.7. The van der Waals surface area contributed by atoms with Crippen LogP contribution in [0, 0.1) is 0 Å². The Morgan fingerprint density at radius 2 is 2.06 bits per heavy atom. The van der Waals surface area contributed by atoms with Crippen LogP contribution in [0.25, 0.3) is 0 Å². The van der Waals surface area contributed by atoms with Crippen LogP contribution >= 0.6 is 0 Å². The number of aromatic carboxylic acids is 1. The third-order valence-corrected chi connectivity index (χ3v) is 3.04. The molecule has 0 spiro atoms. The van der Waals surface area contributed by atoms with Crippen molar-refractivity contribution in [2.45, 2.75) is 38.6 Å². The molecule has 0 amide bonds. The Morgan fingerprint density at radius 1 is 1.39 bits per heavy atom. The normalized spacial score (nSPS) is 15.3. The fraction of sp³-hybridized carbons (Fsp3) is 0.429. The second-order valence-corrected chi connectivity index (χ2v) is 4.91. The maximum atomic E-state index is 11.1. The van der Waals surface area contributed by atoms with E-state index in [0.717, 1.165) is 18.5 Å². The molecule has 0 aromatic carbocycles. The highest BCUT2D eigenvalue weighted by Gasteiger charge is 2.14. The lowest BCUT2D eigenvalue weighted by Crippen LogP contribution is -2.17. The number of nitrogens with zero attached hydrogens (tertiary/aromatic N) is 1. The predicted molar refractivity (Wildman–Crippen MR) is 71.1 cm³/mol. The zero-order chi connectivity index (χ0) is 13.1. The van der Waals surface area contributed by atoms with Crippen LogP contribution in [-0.2, 0) is 0 Å². The minimum atomic E-state index is -0.910. The van der Waals surface area contributed by atoms with Gasteiger partial charge >= 0.3 is 5.97 Å². The summed E-state index contributed by atoms with van der Waals surface area (Å²) in [7, 11) is 0. The van der Waals surface area contributed by atoms with E-state index in [1.807, 2.05) is 13.8 Å². The molecule has 0 saturated heterocycles. The molecule has 0 aliphatic heterocycles. The van der Waals surface area contributed by atoms with Crippen molar-refractivity contribution >= 4 is 11.8 Å². The largest absolute Gasteiger partial charge is 0.478 e. The highest BCUT2D eigenvalue weighted by molar-refractivity contribution is 5.88. The van der Waals surface area contributed by atoms with E-state index in [-0.39, 0.29) is 5.92 Å². The van der Waals surface area contributed by atoms with Crippen LogP contribution in [0.2, 0.25) is 0 Å². The number of carbonyl (C=O) groups is 1. The molecule has 1 aromatic heterocycles. The Morgan fingerprint density at radius 3 is 2.61 bits per heavy atom. The first-order chi connectivity index (χ1) is 8.56. The van der Waals surface area contributed by atoms with Gasteiger partial charge in [0.2, 0.25) is 0 Å². The predicted octanol–water partition coefficient (Wildman–Crippen LogP) is 3.03. The average Bonchev–Trinajstić information content (AvgIpc) is 2.81. The highest BCUT2D eigenvalue weighted by Crippen LogP contribution is 2.20. The maximum absolute atomic E-state index is 11.1. The summed E-state index contributed by atoms with van der Waals surface area (Å²) in [4.78, 5) is 15.6. The highest BCUT2D eigenvalue weighted by atomic mass is 16.4. The molecule has 0 saturated carbocycles. The maximum Gasteiger partial charge on any atom is 0.335 e. The fourth-order valence-corrected chi connectivity index (χ4v) is 1.99. The second-order valence-electron chi connectivity index (χ2n) is 4.91. The minimum absolute atomic E-state index is 0.214. The average molecular weight is 246 g/mol. The molecule has 0 unspecified atom stereocenters. The molecule has 1 heterocycles. The van der Waals surface area contributed by atoms with Crippen molar-refractivity contribution in [1.82, 2.24) is 4.98 Å². The Kier molecular flexibility index (Phi) is 3.65. The van der Waals surface area contributed by atoms with Crippen molar-refractivity contribution < 1.29 is 9.90 Å². The summed E-state index contributed by atoms with van der Waals surface area (Å²) in [6, 6.07) is 3.58. The number of rotatable bonds is 4. The third-order valence-electron chi connectivity index (χ3n) is 3.04. The van der Waals surface area contributed by atoms with Gasteiger partial charge in [0.05, 0.1) is 5.56 Å². The molecule has 0 radical (unpaired) electrons. The van der Waals surface area contributed by atoms with Gasteiger partial charge < -0.3 is 10.4 Å². The zero-order valence-corrected chi connectivity index (χ0v) is 10.7. The second kappa shape index (κ2) is 5.21. The molecule has 0 fully saturated rings. The van der Waals surface area contributed by atoms with Gasteiger partial charge in [-0.25, -0.2) is 9.78 Å². The monoisotopic (exact) mass is 246 g/mol. The summed E-state index contributed by atoms with van der Waals surface area (Å²) in [6.45, 7) is 4.02. The summed E-state index contributed by atoms with van der Waals surface area (Å²) < 4.78 is 0. The van der Waals surface area contributed by atoms with Gasteiger partial charge in [0.25, 0.3) is 0 Å². The summed E-state index contributed by atoms with van der Waals surface area (Å²) in [5.41, 5.74) is 1.10. The third kappa shape index (κ3) is 2.88. The first kappa shape index (κ1) is 12.6. The van der Waals surface area contributed by atoms with Gasteiger partial charge in [0.1, 0.15) is 5.82 Å². The quantitative estimate of drug-likeness (QED) is 0.801. The molecule has 4 nitrogen and oxygen atoms in total. The number of carboxylic acid groups (broad SMARTS) is 1. The van der Waals surface area contributed by atoms with Crippen LogP contribution in [-0.4, -0.2) is 22.1 Å². The minimum Gasteiger partial charge on any atom is -0.478 e. The lowest BCUT2D eigenvalue weighted by Gasteiger charge is -2.15. The van der Waals surface area contributed by atoms with Gasteiger partial charge in [0.15, 0.2) is 0 Å². The Balaban J connectivity index is 2.24. The molecule has 0 atom stereocenters. The van der Waals surface area contributed by atoms with Gasteiger partial charge in [0, 0.05) is 11.7 Å². The number of nitrogens with one attached hydrogen (secondary N) is 1. The van der Waals surface area contributed by atoms with E-state index in [4.69, 9.17) is 5.11 Å². The topological polar surface area (TPSA) is 62.2 Å². The standard InChI is InChI=1S/C14H18N2O2/c1-9(2)12-7-10(14(17)18)8-13(16-12)15-11-5-3-4-6-11/h3-4,7-9,11H,5-6H2,1-2H3,(H,15,16)(H,17,18). The fourth-order valence-electron chi connectivity index (χ4n) is 1.99. The molecule has 1 aliphatic rings. The molecule has 18 heavy (non-hydrogen) atoms. The van der Waals surface area contributed by atoms with E-state index in [1.165, 1.54) is 0 Å². The number of carboxylic acids is 1. The summed E-state index contributed by atoms with van der Waals surface area (Å²) in [5, 5.41) is 12.4. The van der Waals surface area contributed by atoms with E-state index in [0.29, 0.717) is 17.4 Å².